The lowest BCUT2D eigenvalue weighted by atomic mass is 10.6. The van der Waals surface area contributed by atoms with Crippen LogP contribution in [0.15, 0.2) is 12.4 Å². The van der Waals surface area contributed by atoms with E-state index in [0.717, 1.165) is 0 Å². The summed E-state index contributed by atoms with van der Waals surface area (Å²) < 4.78 is 25.7. The van der Waals surface area contributed by atoms with Crippen molar-refractivity contribution in [1.29, 1.82) is 0 Å². The van der Waals surface area contributed by atoms with Gasteiger partial charge in [0.05, 0.1) is 11.9 Å². The smallest absolute Gasteiger partial charge is 0.246 e. The van der Waals surface area contributed by atoms with Gasteiger partial charge in [0, 0.05) is 13.2 Å². The number of halogens is 1. The first-order chi connectivity index (χ1) is 7.46. The molecule has 1 aromatic rings. The highest BCUT2D eigenvalue weighted by molar-refractivity contribution is 7.93. The first kappa shape index (κ1) is 12.8. The van der Waals surface area contributed by atoms with Crippen LogP contribution in [0.25, 0.3) is 0 Å². The first-order valence-electron chi connectivity index (χ1n) is 4.26. The zero-order valence-electron chi connectivity index (χ0n) is 8.47. The Morgan fingerprint density at radius 2 is 2.31 bits per heavy atom. The summed E-state index contributed by atoms with van der Waals surface area (Å²) in [6.45, 7) is 0.0269. The van der Waals surface area contributed by atoms with E-state index >= 15 is 0 Å². The SMILES string of the molecule is CNC(=O)Cn1cc(NS(=O)(=O)CCl)cn1. The molecule has 2 N–H and O–H groups in total. The van der Waals surface area contributed by atoms with Gasteiger partial charge in [0.2, 0.25) is 15.9 Å². The maximum Gasteiger partial charge on any atom is 0.246 e. The van der Waals surface area contributed by atoms with Crippen molar-refractivity contribution in [3.8, 4) is 0 Å². The second-order valence-electron chi connectivity index (χ2n) is 2.93. The Morgan fingerprint density at radius 3 is 2.88 bits per heavy atom. The van der Waals surface area contributed by atoms with E-state index in [1.54, 1.807) is 0 Å². The lowest BCUT2D eigenvalue weighted by molar-refractivity contribution is -0.121. The van der Waals surface area contributed by atoms with Gasteiger partial charge in [-0.2, -0.15) is 5.10 Å². The molecule has 9 heteroatoms. The maximum absolute atomic E-state index is 11.1. The number of anilines is 1. The van der Waals surface area contributed by atoms with Crippen molar-refractivity contribution in [1.82, 2.24) is 15.1 Å². The molecule has 0 spiro atoms. The van der Waals surface area contributed by atoms with Gasteiger partial charge in [-0.3, -0.25) is 14.2 Å². The summed E-state index contributed by atoms with van der Waals surface area (Å²) in [5, 5.41) is 5.70. The van der Waals surface area contributed by atoms with Crippen LogP contribution in [0.4, 0.5) is 5.69 Å². The van der Waals surface area contributed by atoms with Gasteiger partial charge in [0.15, 0.2) is 0 Å². The second-order valence-corrected chi connectivity index (χ2v) is 5.23. The standard InChI is InChI=1S/C7H11ClN4O3S/c1-9-7(13)4-12-3-6(2-10-12)11-16(14,15)5-8/h2-3,11H,4-5H2,1H3,(H,9,13). The lowest BCUT2D eigenvalue weighted by Crippen LogP contribution is -2.23. The fourth-order valence-corrected chi connectivity index (χ4v) is 1.62. The van der Waals surface area contributed by atoms with E-state index in [0.29, 0.717) is 0 Å². The van der Waals surface area contributed by atoms with Crippen molar-refractivity contribution in [2.24, 2.45) is 0 Å². The molecule has 0 aromatic carbocycles. The molecule has 0 radical (unpaired) electrons. The van der Waals surface area contributed by atoms with E-state index in [2.05, 4.69) is 15.1 Å². The summed E-state index contributed by atoms with van der Waals surface area (Å²) in [5.41, 5.74) is 0.268. The Kier molecular flexibility index (Phi) is 4.13. The molecule has 0 bridgehead atoms. The number of aromatic nitrogens is 2. The Balaban J connectivity index is 2.69. The van der Waals surface area contributed by atoms with Crippen molar-refractivity contribution >= 4 is 33.2 Å². The highest BCUT2D eigenvalue weighted by Gasteiger charge is 2.10. The molecule has 1 heterocycles. The van der Waals surface area contributed by atoms with Crippen LogP contribution in [-0.2, 0) is 21.4 Å². The first-order valence-corrected chi connectivity index (χ1v) is 6.45. The van der Waals surface area contributed by atoms with E-state index in [9.17, 15) is 13.2 Å². The Hall–Kier alpha value is -1.28. The summed E-state index contributed by atoms with van der Waals surface area (Å²) in [7, 11) is -2.03. The monoisotopic (exact) mass is 266 g/mol. The lowest BCUT2D eigenvalue weighted by Gasteiger charge is -2.01. The zero-order valence-corrected chi connectivity index (χ0v) is 10.0. The average molecular weight is 267 g/mol. The second kappa shape index (κ2) is 5.17. The normalized spacial score (nSPS) is 11.1. The van der Waals surface area contributed by atoms with Gasteiger partial charge in [-0.1, -0.05) is 0 Å². The van der Waals surface area contributed by atoms with Crippen LogP contribution in [-0.4, -0.2) is 36.4 Å². The molecular formula is C7H11ClN4O3S. The molecule has 0 fully saturated rings. The van der Waals surface area contributed by atoms with Crippen LogP contribution in [0.5, 0.6) is 0 Å². The van der Waals surface area contributed by atoms with E-state index in [4.69, 9.17) is 11.6 Å². The number of hydrogen-bond donors (Lipinski definition) is 2. The van der Waals surface area contributed by atoms with Crippen LogP contribution in [0.2, 0.25) is 0 Å². The van der Waals surface area contributed by atoms with Gasteiger partial charge in [-0.25, -0.2) is 8.42 Å². The fourth-order valence-electron chi connectivity index (χ4n) is 0.936. The summed E-state index contributed by atoms with van der Waals surface area (Å²) in [5.74, 6) is -0.227. The highest BCUT2D eigenvalue weighted by atomic mass is 35.5. The molecule has 0 aliphatic heterocycles. The van der Waals surface area contributed by atoms with Crippen LogP contribution in [0, 0.1) is 0 Å². The number of amides is 1. The third kappa shape index (κ3) is 3.70. The van der Waals surface area contributed by atoms with Gasteiger partial charge in [0.1, 0.15) is 11.8 Å². The molecule has 1 amide bonds. The van der Waals surface area contributed by atoms with E-state index < -0.39 is 15.2 Å². The predicted octanol–water partition coefficient (Wildman–Crippen LogP) is -0.433. The molecule has 16 heavy (non-hydrogen) atoms. The number of nitrogens with zero attached hydrogens (tertiary/aromatic N) is 2. The molecule has 0 aliphatic carbocycles. The predicted molar refractivity (Wildman–Crippen MR) is 59.6 cm³/mol. The van der Waals surface area contributed by atoms with Crippen molar-refractivity contribution in [3.05, 3.63) is 12.4 Å². The molecule has 0 unspecified atom stereocenters. The number of hydrogen-bond acceptors (Lipinski definition) is 4. The molecule has 90 valence electrons. The number of alkyl halides is 1. The summed E-state index contributed by atoms with van der Waals surface area (Å²) in [6, 6.07) is 0. The summed E-state index contributed by atoms with van der Waals surface area (Å²) in [4.78, 5) is 11.0. The van der Waals surface area contributed by atoms with E-state index in [1.807, 2.05) is 0 Å². The summed E-state index contributed by atoms with van der Waals surface area (Å²) in [6.07, 6.45) is 2.70. The minimum Gasteiger partial charge on any atom is -0.358 e. The number of carbonyl (C=O) groups excluding carboxylic acids is 1. The molecule has 0 atom stereocenters. The quantitative estimate of drug-likeness (QED) is 0.707. The minimum absolute atomic E-state index is 0.0269. The third-order valence-electron chi connectivity index (χ3n) is 1.63. The zero-order chi connectivity index (χ0) is 12.2. The summed E-state index contributed by atoms with van der Waals surface area (Å²) >= 11 is 5.21. The molecule has 0 aliphatic rings. The maximum atomic E-state index is 11.1. The van der Waals surface area contributed by atoms with Gasteiger partial charge >= 0.3 is 0 Å². The molecular weight excluding hydrogens is 256 g/mol. The molecule has 1 rings (SSSR count). The van der Waals surface area contributed by atoms with Gasteiger partial charge in [0.25, 0.3) is 0 Å². The van der Waals surface area contributed by atoms with Crippen molar-refractivity contribution < 1.29 is 13.2 Å². The molecule has 7 nitrogen and oxygen atoms in total. The molecule has 1 aromatic heterocycles. The van der Waals surface area contributed by atoms with Crippen LogP contribution >= 0.6 is 11.6 Å². The number of rotatable bonds is 5. The number of sulfonamides is 1. The van der Waals surface area contributed by atoms with Gasteiger partial charge in [-0.05, 0) is 0 Å². The van der Waals surface area contributed by atoms with Crippen LogP contribution in [0.3, 0.4) is 0 Å². The van der Waals surface area contributed by atoms with Crippen molar-refractivity contribution in [2.75, 3.05) is 17.0 Å². The highest BCUT2D eigenvalue weighted by Crippen LogP contribution is 2.08. The van der Waals surface area contributed by atoms with Gasteiger partial charge < -0.3 is 5.32 Å². The van der Waals surface area contributed by atoms with E-state index in [-0.39, 0.29) is 18.1 Å². The number of nitrogens with one attached hydrogen (secondary N) is 2. The third-order valence-corrected chi connectivity index (χ3v) is 3.33. The topological polar surface area (TPSA) is 93.1 Å². The number of likely N-dealkylation sites (N-methyl/N-ethyl adjacent to an activating group) is 1. The molecule has 0 saturated heterocycles. The van der Waals surface area contributed by atoms with Gasteiger partial charge in [-0.15, -0.1) is 11.6 Å². The van der Waals surface area contributed by atoms with Crippen molar-refractivity contribution in [2.45, 2.75) is 6.54 Å². The largest absolute Gasteiger partial charge is 0.358 e. The Morgan fingerprint density at radius 1 is 1.62 bits per heavy atom. The Labute approximate surface area is 97.8 Å². The van der Waals surface area contributed by atoms with E-state index in [1.165, 1.54) is 24.1 Å². The minimum atomic E-state index is -3.53. The van der Waals surface area contributed by atoms with Crippen LogP contribution < -0.4 is 10.0 Å². The van der Waals surface area contributed by atoms with Crippen molar-refractivity contribution in [3.63, 3.8) is 0 Å². The molecule has 0 saturated carbocycles. The number of carbonyl (C=O) groups is 1. The fraction of sp³-hybridized carbons (Fsp3) is 0.429. The average Bonchev–Trinajstić information content (AvgIpc) is 2.64. The van der Waals surface area contributed by atoms with Crippen LogP contribution in [0.1, 0.15) is 0 Å². The Bertz CT molecular complexity index is 470.